The fourth-order valence-corrected chi connectivity index (χ4v) is 1.32. The van der Waals surface area contributed by atoms with Gasteiger partial charge in [0.05, 0.1) is 6.20 Å². The summed E-state index contributed by atoms with van der Waals surface area (Å²) in [7, 11) is 0. The molecule has 4 heteroatoms. The number of nitrogens with zero attached hydrogens (tertiary/aromatic N) is 2. The summed E-state index contributed by atoms with van der Waals surface area (Å²) in [5.74, 6) is -0.908. The van der Waals surface area contributed by atoms with Gasteiger partial charge in [0, 0.05) is 12.2 Å². The van der Waals surface area contributed by atoms with Crippen LogP contribution in [0.3, 0.4) is 0 Å². The van der Waals surface area contributed by atoms with Crippen LogP contribution in [0.5, 0.6) is 0 Å². The molecular weight excluding hydrogens is 192 g/mol. The number of carboxylic acid groups (broad SMARTS) is 1. The molecule has 0 fully saturated rings. The SMILES string of the molecule is Cc1c(C(=O)O)cnn1CCC(C)(C)C. The quantitative estimate of drug-likeness (QED) is 0.833. The molecule has 4 nitrogen and oxygen atoms in total. The lowest BCUT2D eigenvalue weighted by Crippen LogP contribution is -2.12. The maximum Gasteiger partial charge on any atom is 0.339 e. The third-order valence-electron chi connectivity index (χ3n) is 2.41. The third kappa shape index (κ3) is 3.08. The standard InChI is InChI=1S/C11H18N2O2/c1-8-9(10(14)15)7-12-13(8)6-5-11(2,3)4/h7H,5-6H2,1-4H3,(H,14,15). The molecule has 0 aromatic carbocycles. The number of carbonyl (C=O) groups is 1. The molecule has 1 aromatic rings. The maximum absolute atomic E-state index is 10.8. The molecule has 0 aliphatic carbocycles. The number of aromatic carboxylic acids is 1. The number of carboxylic acids is 1. The zero-order valence-corrected chi connectivity index (χ0v) is 9.74. The van der Waals surface area contributed by atoms with Crippen LogP contribution in [-0.4, -0.2) is 20.9 Å². The first kappa shape index (κ1) is 11.8. The van der Waals surface area contributed by atoms with Gasteiger partial charge in [0.15, 0.2) is 0 Å². The Morgan fingerprint density at radius 2 is 2.13 bits per heavy atom. The van der Waals surface area contributed by atoms with Crippen LogP contribution in [0, 0.1) is 12.3 Å². The number of aryl methyl sites for hydroxylation is 1. The molecule has 0 radical (unpaired) electrons. The number of rotatable bonds is 3. The van der Waals surface area contributed by atoms with Gasteiger partial charge in [0.25, 0.3) is 0 Å². The minimum Gasteiger partial charge on any atom is -0.478 e. The molecule has 1 rings (SSSR count). The molecule has 84 valence electrons. The van der Waals surface area contributed by atoms with Crippen LogP contribution in [0.1, 0.15) is 43.2 Å². The van der Waals surface area contributed by atoms with E-state index in [0.29, 0.717) is 5.56 Å². The lowest BCUT2D eigenvalue weighted by atomic mass is 9.92. The summed E-state index contributed by atoms with van der Waals surface area (Å²) in [5, 5.41) is 12.9. The second kappa shape index (κ2) is 4.04. The average Bonchev–Trinajstić information content (AvgIpc) is 2.42. The van der Waals surface area contributed by atoms with E-state index < -0.39 is 5.97 Å². The van der Waals surface area contributed by atoms with Crippen LogP contribution in [0.4, 0.5) is 0 Å². The summed E-state index contributed by atoms with van der Waals surface area (Å²) in [6.45, 7) is 9.03. The highest BCUT2D eigenvalue weighted by molar-refractivity contribution is 5.88. The van der Waals surface area contributed by atoms with Gasteiger partial charge in [-0.25, -0.2) is 4.79 Å². The van der Waals surface area contributed by atoms with Crippen LogP contribution in [0.25, 0.3) is 0 Å². The van der Waals surface area contributed by atoms with Crippen molar-refractivity contribution < 1.29 is 9.90 Å². The molecule has 0 aliphatic heterocycles. The summed E-state index contributed by atoms with van der Waals surface area (Å²) < 4.78 is 1.76. The van der Waals surface area contributed by atoms with Crippen molar-refractivity contribution in [3.05, 3.63) is 17.5 Å². The average molecular weight is 210 g/mol. The van der Waals surface area contributed by atoms with Crippen LogP contribution in [0.2, 0.25) is 0 Å². The molecule has 0 saturated carbocycles. The first-order chi connectivity index (χ1) is 6.81. The molecule has 0 aliphatic rings. The summed E-state index contributed by atoms with van der Waals surface area (Å²) >= 11 is 0. The molecule has 0 bridgehead atoms. The molecule has 1 N–H and O–H groups in total. The second-order valence-corrected chi connectivity index (χ2v) is 4.98. The van der Waals surface area contributed by atoms with E-state index in [1.54, 1.807) is 11.6 Å². The summed E-state index contributed by atoms with van der Waals surface area (Å²) in [4.78, 5) is 10.8. The van der Waals surface area contributed by atoms with Crippen molar-refractivity contribution in [1.82, 2.24) is 9.78 Å². The van der Waals surface area contributed by atoms with Crippen molar-refractivity contribution in [1.29, 1.82) is 0 Å². The van der Waals surface area contributed by atoms with E-state index >= 15 is 0 Å². The molecule has 1 aromatic heterocycles. The van der Waals surface area contributed by atoms with Gasteiger partial charge in [-0.3, -0.25) is 4.68 Å². The van der Waals surface area contributed by atoms with Crippen molar-refractivity contribution in [3.8, 4) is 0 Å². The Labute approximate surface area is 89.9 Å². The topological polar surface area (TPSA) is 55.1 Å². The zero-order chi connectivity index (χ0) is 11.6. The molecule has 0 spiro atoms. The van der Waals surface area contributed by atoms with Crippen LogP contribution >= 0.6 is 0 Å². The molecule has 15 heavy (non-hydrogen) atoms. The number of hydrogen-bond donors (Lipinski definition) is 1. The molecule has 0 atom stereocenters. The predicted octanol–water partition coefficient (Wildman–Crippen LogP) is 2.33. The fraction of sp³-hybridized carbons (Fsp3) is 0.636. The largest absolute Gasteiger partial charge is 0.478 e. The highest BCUT2D eigenvalue weighted by Crippen LogP contribution is 2.20. The molecule has 0 saturated heterocycles. The molecule has 0 unspecified atom stereocenters. The molecule has 1 heterocycles. The van der Waals surface area contributed by atoms with Gasteiger partial charge >= 0.3 is 5.97 Å². The normalized spacial score (nSPS) is 11.7. The Kier molecular flexibility index (Phi) is 3.17. The summed E-state index contributed by atoms with van der Waals surface area (Å²) in [5.41, 5.74) is 1.26. The monoisotopic (exact) mass is 210 g/mol. The first-order valence-electron chi connectivity index (χ1n) is 5.07. The van der Waals surface area contributed by atoms with Gasteiger partial charge < -0.3 is 5.11 Å². The Bertz CT molecular complexity index is 361. The molecular formula is C11H18N2O2. The zero-order valence-electron chi connectivity index (χ0n) is 9.74. The van der Waals surface area contributed by atoms with Crippen LogP contribution in [0.15, 0.2) is 6.20 Å². The van der Waals surface area contributed by atoms with Crippen LogP contribution in [-0.2, 0) is 6.54 Å². The van der Waals surface area contributed by atoms with E-state index in [-0.39, 0.29) is 5.41 Å². The fourth-order valence-electron chi connectivity index (χ4n) is 1.32. The molecule has 0 amide bonds. The van der Waals surface area contributed by atoms with E-state index in [9.17, 15) is 4.79 Å². The van der Waals surface area contributed by atoms with Crippen molar-refractivity contribution >= 4 is 5.97 Å². The summed E-state index contributed by atoms with van der Waals surface area (Å²) in [6.07, 6.45) is 2.40. The number of aromatic nitrogens is 2. The van der Waals surface area contributed by atoms with Gasteiger partial charge in [-0.2, -0.15) is 5.10 Å². The van der Waals surface area contributed by atoms with Gasteiger partial charge in [-0.15, -0.1) is 0 Å². The minimum atomic E-state index is -0.908. The lowest BCUT2D eigenvalue weighted by molar-refractivity contribution is 0.0696. The van der Waals surface area contributed by atoms with Crippen molar-refractivity contribution in [2.24, 2.45) is 5.41 Å². The smallest absolute Gasteiger partial charge is 0.339 e. The number of hydrogen-bond acceptors (Lipinski definition) is 2. The second-order valence-electron chi connectivity index (χ2n) is 4.98. The van der Waals surface area contributed by atoms with Gasteiger partial charge in [-0.05, 0) is 18.8 Å². The highest BCUT2D eigenvalue weighted by Gasteiger charge is 2.15. The van der Waals surface area contributed by atoms with E-state index in [1.165, 1.54) is 6.20 Å². The van der Waals surface area contributed by atoms with E-state index in [4.69, 9.17) is 5.11 Å². The third-order valence-corrected chi connectivity index (χ3v) is 2.41. The highest BCUT2D eigenvalue weighted by atomic mass is 16.4. The van der Waals surface area contributed by atoms with Gasteiger partial charge in [-0.1, -0.05) is 20.8 Å². The summed E-state index contributed by atoms with van der Waals surface area (Å²) in [6, 6.07) is 0. The Morgan fingerprint density at radius 1 is 1.53 bits per heavy atom. The predicted molar refractivity (Wildman–Crippen MR) is 58.0 cm³/mol. The van der Waals surface area contributed by atoms with Crippen molar-refractivity contribution in [2.75, 3.05) is 0 Å². The first-order valence-corrected chi connectivity index (χ1v) is 5.07. The van der Waals surface area contributed by atoms with Crippen molar-refractivity contribution in [2.45, 2.75) is 40.7 Å². The van der Waals surface area contributed by atoms with Gasteiger partial charge in [0.2, 0.25) is 0 Å². The maximum atomic E-state index is 10.8. The van der Waals surface area contributed by atoms with Crippen LogP contribution < -0.4 is 0 Å². The Balaban J connectivity index is 2.75. The minimum absolute atomic E-state index is 0.238. The van der Waals surface area contributed by atoms with Gasteiger partial charge in [0.1, 0.15) is 5.56 Å². The lowest BCUT2D eigenvalue weighted by Gasteiger charge is -2.18. The van der Waals surface area contributed by atoms with E-state index in [0.717, 1.165) is 18.7 Å². The van der Waals surface area contributed by atoms with E-state index in [2.05, 4.69) is 25.9 Å². The van der Waals surface area contributed by atoms with Crippen molar-refractivity contribution in [3.63, 3.8) is 0 Å². The van der Waals surface area contributed by atoms with E-state index in [1.807, 2.05) is 0 Å². The Morgan fingerprint density at radius 3 is 2.53 bits per heavy atom. The Hall–Kier alpha value is -1.32.